The molecule has 0 amide bonds. The van der Waals surface area contributed by atoms with Gasteiger partial charge in [-0.3, -0.25) is 0 Å². The molecule has 7 heteroatoms. The van der Waals surface area contributed by atoms with E-state index in [1.54, 1.807) is 13.8 Å². The van der Waals surface area contributed by atoms with Crippen molar-refractivity contribution in [3.8, 4) is 0 Å². The molecule has 27 heavy (non-hydrogen) atoms. The van der Waals surface area contributed by atoms with E-state index in [2.05, 4.69) is 10.3 Å². The Labute approximate surface area is 157 Å². The first-order valence-corrected chi connectivity index (χ1v) is 8.76. The van der Waals surface area contributed by atoms with Crippen LogP contribution in [-0.4, -0.2) is 35.6 Å². The molecule has 1 aromatic carbocycles. The van der Waals surface area contributed by atoms with Crippen LogP contribution in [0.3, 0.4) is 0 Å². The molecule has 2 aromatic rings. The van der Waals surface area contributed by atoms with Crippen molar-refractivity contribution in [3.63, 3.8) is 0 Å². The molecule has 0 radical (unpaired) electrons. The number of aliphatic imine (C=N–C) groups is 1. The fourth-order valence-electron chi connectivity index (χ4n) is 2.76. The van der Waals surface area contributed by atoms with E-state index in [4.69, 9.17) is 9.47 Å². The third-order valence-electron chi connectivity index (χ3n) is 4.00. The van der Waals surface area contributed by atoms with E-state index in [-0.39, 0.29) is 18.8 Å². The van der Waals surface area contributed by atoms with Gasteiger partial charge in [0, 0.05) is 18.4 Å². The van der Waals surface area contributed by atoms with E-state index in [0.717, 1.165) is 16.9 Å². The van der Waals surface area contributed by atoms with Gasteiger partial charge in [-0.05, 0) is 37.6 Å². The highest BCUT2D eigenvalue weighted by molar-refractivity contribution is 6.15. The summed E-state index contributed by atoms with van der Waals surface area (Å²) in [5.41, 5.74) is 2.63. The van der Waals surface area contributed by atoms with Crippen LogP contribution in [-0.2, 0) is 25.6 Å². The molecule has 0 fully saturated rings. The topological polar surface area (TPSA) is 81.9 Å². The fraction of sp³-hybridized carbons (Fsp3) is 0.250. The molecular weight excluding hydrogens is 346 g/mol. The number of rotatable bonds is 5. The standard InChI is InChI=1S/C20H21N3O4/c1-3-26-19(24)15(20(25)27-4-2)12-21-18-17-10-7-11-23(17)13-14-8-5-6-9-16(14)22-18/h5-12H,3-4,13H2,1-2H3,(H,21,22). The van der Waals surface area contributed by atoms with Gasteiger partial charge in [-0.2, -0.15) is 0 Å². The highest BCUT2D eigenvalue weighted by atomic mass is 16.6. The maximum Gasteiger partial charge on any atom is 0.347 e. The monoisotopic (exact) mass is 367 g/mol. The van der Waals surface area contributed by atoms with Crippen LogP contribution in [0.5, 0.6) is 0 Å². The summed E-state index contributed by atoms with van der Waals surface area (Å²) in [5, 5.41) is 3.28. The lowest BCUT2D eigenvalue weighted by Gasteiger charge is -2.08. The van der Waals surface area contributed by atoms with Gasteiger partial charge >= 0.3 is 11.9 Å². The average molecular weight is 367 g/mol. The van der Waals surface area contributed by atoms with Gasteiger partial charge in [0.15, 0.2) is 11.4 Å². The van der Waals surface area contributed by atoms with E-state index >= 15 is 0 Å². The molecule has 0 unspecified atom stereocenters. The Morgan fingerprint density at radius 3 is 2.52 bits per heavy atom. The van der Waals surface area contributed by atoms with Crippen LogP contribution in [0.25, 0.3) is 0 Å². The zero-order valence-electron chi connectivity index (χ0n) is 15.3. The molecule has 0 atom stereocenters. The van der Waals surface area contributed by atoms with Crippen LogP contribution >= 0.6 is 0 Å². The molecule has 0 bridgehead atoms. The molecule has 1 aliphatic heterocycles. The van der Waals surface area contributed by atoms with Gasteiger partial charge in [0.2, 0.25) is 0 Å². The summed E-state index contributed by atoms with van der Waals surface area (Å²) in [6, 6.07) is 11.7. The third-order valence-corrected chi connectivity index (χ3v) is 4.00. The summed E-state index contributed by atoms with van der Waals surface area (Å²) >= 11 is 0. The second-order valence-corrected chi connectivity index (χ2v) is 5.76. The first-order valence-electron chi connectivity index (χ1n) is 8.76. The number of benzene rings is 1. The van der Waals surface area contributed by atoms with Gasteiger partial charge in [-0.1, -0.05) is 18.2 Å². The van der Waals surface area contributed by atoms with Crippen LogP contribution in [0.4, 0.5) is 5.69 Å². The number of fused-ring (bicyclic) bond motifs is 2. The van der Waals surface area contributed by atoms with Crippen LogP contribution in [0.2, 0.25) is 0 Å². The fourth-order valence-corrected chi connectivity index (χ4v) is 2.76. The number of hydrogen-bond donors (Lipinski definition) is 1. The van der Waals surface area contributed by atoms with Crippen molar-refractivity contribution in [2.75, 3.05) is 18.5 Å². The Hall–Kier alpha value is -3.35. The van der Waals surface area contributed by atoms with E-state index in [9.17, 15) is 9.59 Å². The number of carbonyl (C=O) groups excluding carboxylic acids is 2. The number of nitrogens with one attached hydrogen (secondary N) is 1. The Balaban J connectivity index is 2.01. The number of nitrogens with zero attached hydrogens (tertiary/aromatic N) is 2. The number of anilines is 1. The largest absolute Gasteiger partial charge is 0.462 e. The molecule has 1 N–H and O–H groups in total. The molecule has 2 heterocycles. The predicted molar refractivity (Wildman–Crippen MR) is 101 cm³/mol. The molecule has 1 aliphatic rings. The first-order chi connectivity index (χ1) is 13.1. The number of amidine groups is 1. The number of aromatic nitrogens is 1. The number of hydrogen-bond acceptors (Lipinski definition) is 5. The minimum Gasteiger partial charge on any atom is -0.462 e. The summed E-state index contributed by atoms with van der Waals surface area (Å²) in [6.45, 7) is 4.34. The molecule has 0 aliphatic carbocycles. The third kappa shape index (κ3) is 4.08. The van der Waals surface area contributed by atoms with Crippen molar-refractivity contribution in [1.29, 1.82) is 0 Å². The smallest absolute Gasteiger partial charge is 0.347 e. The van der Waals surface area contributed by atoms with Gasteiger partial charge in [-0.15, -0.1) is 0 Å². The van der Waals surface area contributed by atoms with Gasteiger partial charge in [0.1, 0.15) is 0 Å². The van der Waals surface area contributed by atoms with E-state index in [1.165, 1.54) is 6.20 Å². The molecule has 0 saturated carbocycles. The lowest BCUT2D eigenvalue weighted by molar-refractivity contribution is -0.146. The summed E-state index contributed by atoms with van der Waals surface area (Å²) in [7, 11) is 0. The Morgan fingerprint density at radius 1 is 1.11 bits per heavy atom. The van der Waals surface area contributed by atoms with E-state index < -0.39 is 11.9 Å². The minimum absolute atomic E-state index is 0.153. The Bertz CT molecular complexity index is 891. The minimum atomic E-state index is -0.760. The maximum atomic E-state index is 12.1. The highest BCUT2D eigenvalue weighted by Crippen LogP contribution is 2.22. The van der Waals surface area contributed by atoms with Crippen molar-refractivity contribution in [1.82, 2.24) is 4.57 Å². The number of esters is 2. The molecule has 7 nitrogen and oxygen atoms in total. The van der Waals surface area contributed by atoms with Crippen molar-refractivity contribution in [2.24, 2.45) is 4.99 Å². The van der Waals surface area contributed by atoms with Crippen LogP contribution in [0.15, 0.2) is 59.4 Å². The normalized spacial score (nSPS) is 13.6. The maximum absolute atomic E-state index is 12.1. The van der Waals surface area contributed by atoms with Crippen LogP contribution < -0.4 is 5.32 Å². The molecule has 140 valence electrons. The van der Waals surface area contributed by atoms with E-state index in [0.29, 0.717) is 12.4 Å². The molecule has 1 aromatic heterocycles. The van der Waals surface area contributed by atoms with Crippen molar-refractivity contribution in [3.05, 3.63) is 65.6 Å². The average Bonchev–Trinajstić information content (AvgIpc) is 3.05. The lowest BCUT2D eigenvalue weighted by atomic mass is 10.2. The van der Waals surface area contributed by atoms with Gasteiger partial charge in [0.05, 0.1) is 25.1 Å². The quantitative estimate of drug-likeness (QED) is 0.380. The van der Waals surface area contributed by atoms with Crippen LogP contribution in [0, 0.1) is 0 Å². The summed E-state index contributed by atoms with van der Waals surface area (Å²) in [4.78, 5) is 28.6. The van der Waals surface area contributed by atoms with Gasteiger partial charge in [-0.25, -0.2) is 14.6 Å². The van der Waals surface area contributed by atoms with Crippen molar-refractivity contribution < 1.29 is 19.1 Å². The zero-order valence-corrected chi connectivity index (χ0v) is 15.3. The second-order valence-electron chi connectivity index (χ2n) is 5.76. The Kier molecular flexibility index (Phi) is 5.71. The molecule has 3 rings (SSSR count). The summed E-state index contributed by atoms with van der Waals surface area (Å²) in [6.07, 6.45) is 3.15. The molecule has 0 spiro atoms. The highest BCUT2D eigenvalue weighted by Gasteiger charge is 2.22. The summed E-state index contributed by atoms with van der Waals surface area (Å²) < 4.78 is 11.9. The molecule has 0 saturated heterocycles. The number of carbonyl (C=O) groups is 2. The number of para-hydroxylation sites is 1. The zero-order chi connectivity index (χ0) is 19.2. The Morgan fingerprint density at radius 2 is 1.81 bits per heavy atom. The molecular formula is C20H21N3O4. The first kappa shape index (κ1) is 18.4. The summed E-state index contributed by atoms with van der Waals surface area (Å²) in [5.74, 6) is -0.995. The van der Waals surface area contributed by atoms with Crippen LogP contribution in [0.1, 0.15) is 25.1 Å². The van der Waals surface area contributed by atoms with Crippen molar-refractivity contribution in [2.45, 2.75) is 20.4 Å². The number of ether oxygens (including phenoxy) is 2. The predicted octanol–water partition coefficient (Wildman–Crippen LogP) is 2.72. The van der Waals surface area contributed by atoms with E-state index in [1.807, 2.05) is 47.2 Å². The lowest BCUT2D eigenvalue weighted by Crippen LogP contribution is -2.19. The second kappa shape index (κ2) is 8.35. The van der Waals surface area contributed by atoms with Crippen molar-refractivity contribution >= 4 is 23.5 Å². The van der Waals surface area contributed by atoms with Gasteiger partial charge in [0.25, 0.3) is 0 Å². The van der Waals surface area contributed by atoms with Gasteiger partial charge < -0.3 is 19.4 Å². The SMILES string of the molecule is CCOC(=O)C(=CN=C1Nc2ccccc2Cn2cccc21)C(=O)OCC.